The number of fused-ring (bicyclic) bond motifs is 3. The third kappa shape index (κ3) is 5.78. The molecule has 1 N–H and O–H groups in total. The molecule has 38 heavy (non-hydrogen) atoms. The second-order valence-electron chi connectivity index (χ2n) is 9.86. The fourth-order valence-electron chi connectivity index (χ4n) is 4.91. The van der Waals surface area contributed by atoms with Gasteiger partial charge in [-0.3, -0.25) is 0 Å². The predicted molar refractivity (Wildman–Crippen MR) is 151 cm³/mol. The van der Waals surface area contributed by atoms with Crippen molar-refractivity contribution < 1.29 is 13.2 Å². The molecule has 1 nitrogen and oxygen atoms in total. The number of hydrogen-bond acceptors (Lipinski definition) is 0. The summed E-state index contributed by atoms with van der Waals surface area (Å²) in [5, 5.41) is 2.32. The zero-order valence-corrected chi connectivity index (χ0v) is 21.5. The SMILES string of the molecule is CCCCCCCCc1ccc2c(c1)[nH]c1cc(C#Cc3ccc(-c4ccc(F)c(F)c4)cc3F)ccc12. The molecule has 4 heteroatoms. The molecule has 0 unspecified atom stereocenters. The summed E-state index contributed by atoms with van der Waals surface area (Å²) in [7, 11) is 0. The number of hydrogen-bond donors (Lipinski definition) is 1. The minimum absolute atomic E-state index is 0.243. The van der Waals surface area contributed by atoms with Crippen LogP contribution in [0.25, 0.3) is 32.9 Å². The number of aryl methyl sites for hydroxylation is 1. The molecule has 0 aliphatic carbocycles. The van der Waals surface area contributed by atoms with Gasteiger partial charge in [0.15, 0.2) is 11.6 Å². The van der Waals surface area contributed by atoms with Crippen LogP contribution >= 0.6 is 0 Å². The van der Waals surface area contributed by atoms with Crippen LogP contribution in [-0.4, -0.2) is 4.98 Å². The zero-order valence-electron chi connectivity index (χ0n) is 21.5. The van der Waals surface area contributed by atoms with Crippen molar-refractivity contribution in [1.29, 1.82) is 0 Å². The molecule has 0 atom stereocenters. The van der Waals surface area contributed by atoms with Crippen molar-refractivity contribution in [3.63, 3.8) is 0 Å². The molecule has 0 radical (unpaired) electrons. The van der Waals surface area contributed by atoms with E-state index in [0.717, 1.165) is 40.5 Å². The summed E-state index contributed by atoms with van der Waals surface area (Å²) in [5.74, 6) is 3.55. The van der Waals surface area contributed by atoms with Gasteiger partial charge in [-0.05, 0) is 72.0 Å². The molecule has 1 aromatic heterocycles. The molecule has 0 fully saturated rings. The average Bonchev–Trinajstić information content (AvgIpc) is 3.28. The first-order valence-corrected chi connectivity index (χ1v) is 13.3. The quantitative estimate of drug-likeness (QED) is 0.158. The van der Waals surface area contributed by atoms with Crippen molar-refractivity contribution in [1.82, 2.24) is 4.98 Å². The number of rotatable bonds is 8. The van der Waals surface area contributed by atoms with Crippen LogP contribution in [0.15, 0.2) is 72.8 Å². The van der Waals surface area contributed by atoms with Crippen LogP contribution in [0.4, 0.5) is 13.2 Å². The largest absolute Gasteiger partial charge is 0.354 e. The van der Waals surface area contributed by atoms with E-state index in [9.17, 15) is 13.2 Å². The van der Waals surface area contributed by atoms with Crippen LogP contribution in [0, 0.1) is 29.3 Å². The van der Waals surface area contributed by atoms with E-state index >= 15 is 0 Å². The second-order valence-corrected chi connectivity index (χ2v) is 9.86. The first-order valence-electron chi connectivity index (χ1n) is 13.3. The first-order chi connectivity index (χ1) is 18.5. The number of unbranched alkanes of at least 4 members (excludes halogenated alkanes) is 5. The number of aromatic amines is 1. The Hall–Kier alpha value is -3.97. The van der Waals surface area contributed by atoms with Crippen LogP contribution in [0.3, 0.4) is 0 Å². The van der Waals surface area contributed by atoms with Crippen LogP contribution in [0.1, 0.15) is 62.1 Å². The fourth-order valence-corrected chi connectivity index (χ4v) is 4.91. The lowest BCUT2D eigenvalue weighted by molar-refractivity contribution is 0.509. The first kappa shape index (κ1) is 25.7. The van der Waals surface area contributed by atoms with Crippen LogP contribution in [-0.2, 0) is 6.42 Å². The summed E-state index contributed by atoms with van der Waals surface area (Å²) >= 11 is 0. The minimum atomic E-state index is -0.965. The van der Waals surface area contributed by atoms with Crippen molar-refractivity contribution in [3.8, 4) is 23.0 Å². The van der Waals surface area contributed by atoms with Gasteiger partial charge in [-0.2, -0.15) is 0 Å². The van der Waals surface area contributed by atoms with E-state index in [1.807, 2.05) is 18.2 Å². The summed E-state index contributed by atoms with van der Waals surface area (Å²) in [5.41, 5.74) is 5.35. The number of benzene rings is 4. The molecule has 0 spiro atoms. The maximum atomic E-state index is 14.7. The topological polar surface area (TPSA) is 15.8 Å². The molecule has 0 saturated heterocycles. The molecule has 0 aliphatic rings. The highest BCUT2D eigenvalue weighted by Gasteiger charge is 2.08. The Balaban J connectivity index is 1.32. The minimum Gasteiger partial charge on any atom is -0.354 e. The Morgan fingerprint density at radius 2 is 1.29 bits per heavy atom. The molecule has 0 amide bonds. The number of aromatic nitrogens is 1. The molecule has 0 aliphatic heterocycles. The number of nitrogens with one attached hydrogen (secondary N) is 1. The van der Waals surface area contributed by atoms with Gasteiger partial charge in [0.1, 0.15) is 5.82 Å². The Morgan fingerprint density at radius 3 is 2.05 bits per heavy atom. The lowest BCUT2D eigenvalue weighted by atomic mass is 10.0. The monoisotopic (exact) mass is 509 g/mol. The van der Waals surface area contributed by atoms with Gasteiger partial charge in [0, 0.05) is 27.4 Å². The van der Waals surface area contributed by atoms with E-state index in [-0.39, 0.29) is 5.56 Å². The van der Waals surface area contributed by atoms with Crippen LogP contribution in [0.5, 0.6) is 0 Å². The summed E-state index contributed by atoms with van der Waals surface area (Å²) in [6.45, 7) is 2.24. The van der Waals surface area contributed by atoms with E-state index in [2.05, 4.69) is 41.9 Å². The van der Waals surface area contributed by atoms with Gasteiger partial charge >= 0.3 is 0 Å². The number of halogens is 3. The van der Waals surface area contributed by atoms with Gasteiger partial charge in [-0.15, -0.1) is 0 Å². The van der Waals surface area contributed by atoms with Gasteiger partial charge in [0.25, 0.3) is 0 Å². The third-order valence-corrected chi connectivity index (χ3v) is 7.05. The molecule has 5 aromatic rings. The summed E-state index contributed by atoms with van der Waals surface area (Å²) in [6, 6.07) is 20.7. The van der Waals surface area contributed by atoms with Gasteiger partial charge in [-0.25, -0.2) is 13.2 Å². The molecule has 4 aromatic carbocycles. The van der Waals surface area contributed by atoms with Gasteiger partial charge in [-0.1, -0.05) is 81.2 Å². The van der Waals surface area contributed by atoms with Gasteiger partial charge in [0.2, 0.25) is 0 Å². The normalized spacial score (nSPS) is 11.2. The molecule has 5 rings (SSSR count). The molecule has 0 bridgehead atoms. The van der Waals surface area contributed by atoms with E-state index in [1.54, 1.807) is 12.1 Å². The summed E-state index contributed by atoms with van der Waals surface area (Å²) in [6.07, 6.45) is 8.83. The van der Waals surface area contributed by atoms with E-state index in [0.29, 0.717) is 11.1 Å². The lowest BCUT2D eigenvalue weighted by Crippen LogP contribution is -1.89. The van der Waals surface area contributed by atoms with E-state index < -0.39 is 17.5 Å². The Labute approximate surface area is 221 Å². The lowest BCUT2D eigenvalue weighted by Gasteiger charge is -2.04. The van der Waals surface area contributed by atoms with Gasteiger partial charge in [0.05, 0.1) is 5.56 Å². The predicted octanol–water partition coefficient (Wildman–Crippen LogP) is 9.71. The Morgan fingerprint density at radius 1 is 0.605 bits per heavy atom. The van der Waals surface area contributed by atoms with Crippen LogP contribution in [0.2, 0.25) is 0 Å². The maximum Gasteiger partial charge on any atom is 0.159 e. The van der Waals surface area contributed by atoms with Crippen molar-refractivity contribution in [3.05, 3.63) is 107 Å². The molecule has 192 valence electrons. The smallest absolute Gasteiger partial charge is 0.159 e. The highest BCUT2D eigenvalue weighted by molar-refractivity contribution is 6.07. The molecule has 0 saturated carbocycles. The third-order valence-electron chi connectivity index (χ3n) is 7.05. The highest BCUT2D eigenvalue weighted by atomic mass is 19.2. The van der Waals surface area contributed by atoms with Crippen molar-refractivity contribution in [2.75, 3.05) is 0 Å². The Kier molecular flexibility index (Phi) is 7.84. The molecular weight excluding hydrogens is 479 g/mol. The fraction of sp³-hybridized carbons (Fsp3) is 0.235. The van der Waals surface area contributed by atoms with Crippen molar-refractivity contribution in [2.45, 2.75) is 51.9 Å². The summed E-state index contributed by atoms with van der Waals surface area (Å²) in [4.78, 5) is 3.52. The number of H-pyrrole nitrogens is 1. The summed E-state index contributed by atoms with van der Waals surface area (Å²) < 4.78 is 41.5. The van der Waals surface area contributed by atoms with Gasteiger partial charge < -0.3 is 4.98 Å². The highest BCUT2D eigenvalue weighted by Crippen LogP contribution is 2.28. The van der Waals surface area contributed by atoms with Crippen molar-refractivity contribution in [2.24, 2.45) is 0 Å². The molecular formula is C34H30F3N. The zero-order chi connectivity index (χ0) is 26.5. The van der Waals surface area contributed by atoms with Crippen LogP contribution < -0.4 is 0 Å². The van der Waals surface area contributed by atoms with E-state index in [1.165, 1.54) is 61.6 Å². The average molecular weight is 510 g/mol. The van der Waals surface area contributed by atoms with Crippen molar-refractivity contribution >= 4 is 21.8 Å². The second kappa shape index (κ2) is 11.6. The molecule has 1 heterocycles. The Bertz CT molecular complexity index is 1650. The maximum absolute atomic E-state index is 14.7. The standard InChI is InChI=1S/C34H30F3N/c1-2-3-4-5-6-7-8-23-10-16-28-29-17-11-24(20-34(29)38-33(28)19-23)9-12-25-13-14-26(21-31(25)36)27-15-18-30(35)32(37)22-27/h10-11,13-22,38H,2-8H2,1H3. The van der Waals surface area contributed by atoms with E-state index in [4.69, 9.17) is 0 Å².